The van der Waals surface area contributed by atoms with Crippen molar-refractivity contribution >= 4 is 24.0 Å². The summed E-state index contributed by atoms with van der Waals surface area (Å²) < 4.78 is 17.2. The molecular weight excluding hydrogens is 532 g/mol. The molecule has 3 aromatic rings. The van der Waals surface area contributed by atoms with Crippen LogP contribution in [0.4, 0.5) is 4.79 Å². The third-order valence-corrected chi connectivity index (χ3v) is 7.23. The maximum atomic E-state index is 14.0. The predicted molar refractivity (Wildman–Crippen MR) is 158 cm³/mol. The molecular formula is C34H36N2O6. The number of amides is 2. The van der Waals surface area contributed by atoms with E-state index in [1.807, 2.05) is 103 Å². The Hall–Kier alpha value is -4.43. The zero-order chi connectivity index (χ0) is 29.7. The number of esters is 1. The van der Waals surface area contributed by atoms with Crippen molar-refractivity contribution in [3.05, 3.63) is 114 Å². The summed E-state index contributed by atoms with van der Waals surface area (Å²) in [5, 5.41) is 0. The van der Waals surface area contributed by atoms with Crippen molar-refractivity contribution in [2.45, 2.75) is 57.1 Å². The largest absolute Gasteiger partial charge is 0.458 e. The van der Waals surface area contributed by atoms with Crippen LogP contribution in [0, 0.1) is 0 Å². The molecule has 0 N–H and O–H groups in total. The first-order chi connectivity index (χ1) is 20.2. The molecule has 0 saturated carbocycles. The van der Waals surface area contributed by atoms with E-state index in [0.29, 0.717) is 0 Å². The quantitative estimate of drug-likeness (QED) is 0.241. The van der Waals surface area contributed by atoms with E-state index in [-0.39, 0.29) is 25.7 Å². The van der Waals surface area contributed by atoms with Gasteiger partial charge in [0.1, 0.15) is 18.2 Å². The zero-order valence-corrected chi connectivity index (χ0v) is 24.1. The van der Waals surface area contributed by atoms with E-state index < -0.39 is 41.8 Å². The lowest BCUT2D eigenvalue weighted by molar-refractivity contribution is -0.180. The highest BCUT2D eigenvalue weighted by molar-refractivity contribution is 5.97. The number of ether oxygens (including phenoxy) is 3. The van der Waals surface area contributed by atoms with Gasteiger partial charge in [-0.2, -0.15) is 0 Å². The maximum Gasteiger partial charge on any atom is 0.411 e. The number of benzene rings is 3. The molecule has 5 rings (SSSR count). The van der Waals surface area contributed by atoms with Crippen molar-refractivity contribution in [2.75, 3.05) is 13.2 Å². The van der Waals surface area contributed by atoms with Gasteiger partial charge in [-0.05, 0) is 37.5 Å². The lowest BCUT2D eigenvalue weighted by Crippen LogP contribution is -2.74. The van der Waals surface area contributed by atoms with Gasteiger partial charge < -0.3 is 19.1 Å². The van der Waals surface area contributed by atoms with Crippen LogP contribution in [-0.4, -0.2) is 64.7 Å². The van der Waals surface area contributed by atoms with Crippen LogP contribution in [0.3, 0.4) is 0 Å². The van der Waals surface area contributed by atoms with Gasteiger partial charge in [0.15, 0.2) is 6.04 Å². The van der Waals surface area contributed by atoms with Crippen LogP contribution in [0.15, 0.2) is 97.1 Å². The average Bonchev–Trinajstić information content (AvgIpc) is 3.35. The maximum absolute atomic E-state index is 14.0. The molecule has 2 saturated heterocycles. The van der Waals surface area contributed by atoms with E-state index in [1.54, 1.807) is 20.8 Å². The van der Waals surface area contributed by atoms with Crippen LogP contribution in [0.25, 0.3) is 6.08 Å². The van der Waals surface area contributed by atoms with Crippen molar-refractivity contribution in [3.8, 4) is 0 Å². The molecule has 2 aliphatic rings. The smallest absolute Gasteiger partial charge is 0.411 e. The number of hydrogen-bond donors (Lipinski definition) is 0. The minimum Gasteiger partial charge on any atom is -0.458 e. The minimum absolute atomic E-state index is 0.0650. The third-order valence-electron chi connectivity index (χ3n) is 7.23. The number of likely N-dealkylation sites (tertiary alicyclic amines) is 1. The van der Waals surface area contributed by atoms with Crippen LogP contribution in [0.5, 0.6) is 0 Å². The van der Waals surface area contributed by atoms with Gasteiger partial charge in [-0.1, -0.05) is 103 Å². The van der Waals surface area contributed by atoms with Crippen LogP contribution in [0.1, 0.15) is 43.5 Å². The fraction of sp³-hybridized carbons (Fsp3) is 0.324. The van der Waals surface area contributed by atoms with Crippen molar-refractivity contribution in [1.29, 1.82) is 0 Å². The summed E-state index contributed by atoms with van der Waals surface area (Å²) in [5.74, 6) is -0.930. The lowest BCUT2D eigenvalue weighted by atomic mass is 9.88. The molecule has 0 aliphatic carbocycles. The van der Waals surface area contributed by atoms with Gasteiger partial charge in [-0.3, -0.25) is 9.69 Å². The van der Waals surface area contributed by atoms with Crippen LogP contribution in [-0.2, 0) is 30.4 Å². The summed E-state index contributed by atoms with van der Waals surface area (Å²) >= 11 is 0. The molecule has 0 bridgehead atoms. The second-order valence-corrected chi connectivity index (χ2v) is 11.4. The minimum atomic E-state index is -1.02. The Morgan fingerprint density at radius 2 is 1.57 bits per heavy atom. The molecule has 2 aliphatic heterocycles. The Bertz CT molecular complexity index is 1400. The van der Waals surface area contributed by atoms with Crippen molar-refractivity contribution in [2.24, 2.45) is 0 Å². The lowest BCUT2D eigenvalue weighted by Gasteiger charge is -2.52. The van der Waals surface area contributed by atoms with Crippen LogP contribution < -0.4 is 0 Å². The Labute approximate surface area is 246 Å². The number of carbonyl (C=O) groups is 3. The van der Waals surface area contributed by atoms with Gasteiger partial charge in [0.05, 0.1) is 25.3 Å². The Morgan fingerprint density at radius 1 is 0.952 bits per heavy atom. The predicted octanol–water partition coefficient (Wildman–Crippen LogP) is 5.40. The van der Waals surface area contributed by atoms with E-state index in [1.165, 1.54) is 9.80 Å². The van der Waals surface area contributed by atoms with Crippen molar-refractivity contribution in [1.82, 2.24) is 9.80 Å². The first-order valence-corrected chi connectivity index (χ1v) is 14.1. The number of hydrogen-bond acceptors (Lipinski definition) is 6. The van der Waals surface area contributed by atoms with Gasteiger partial charge in [0.2, 0.25) is 5.91 Å². The monoisotopic (exact) mass is 568 g/mol. The van der Waals surface area contributed by atoms with E-state index in [0.717, 1.165) is 16.7 Å². The molecule has 8 nitrogen and oxygen atoms in total. The van der Waals surface area contributed by atoms with E-state index in [2.05, 4.69) is 0 Å². The number of β-lactam (4-membered cyclic amide) rings is 1. The second-order valence-electron chi connectivity index (χ2n) is 11.4. The van der Waals surface area contributed by atoms with E-state index in [9.17, 15) is 14.4 Å². The molecule has 0 unspecified atom stereocenters. The molecule has 2 heterocycles. The summed E-state index contributed by atoms with van der Waals surface area (Å²) in [4.78, 5) is 43.6. The highest BCUT2D eigenvalue weighted by Crippen LogP contribution is 2.38. The highest BCUT2D eigenvalue weighted by Gasteiger charge is 2.58. The average molecular weight is 569 g/mol. The standard InChI is InChI=1S/C34H36N2O6/c1-34(2,3)42-32(38)29(22-40-21-25-15-9-5-10-16-25)35-27(20-19-24-13-7-4-8-14-24)30(31(35)37)36-28(23-41-33(36)39)26-17-11-6-12-18-26/h4-20,27-30H,21-23H2,1-3H3/t27-,28-,29-,30+/m1/s1. The zero-order valence-electron chi connectivity index (χ0n) is 24.1. The van der Waals surface area contributed by atoms with Gasteiger partial charge in [0, 0.05) is 0 Å². The highest BCUT2D eigenvalue weighted by atomic mass is 16.6. The molecule has 0 aromatic heterocycles. The first kappa shape index (κ1) is 29.1. The van der Waals surface area contributed by atoms with Gasteiger partial charge in [-0.25, -0.2) is 9.59 Å². The van der Waals surface area contributed by atoms with E-state index in [4.69, 9.17) is 14.2 Å². The summed E-state index contributed by atoms with van der Waals surface area (Å²) in [5.41, 5.74) is 1.97. The van der Waals surface area contributed by atoms with E-state index >= 15 is 0 Å². The van der Waals surface area contributed by atoms with Gasteiger partial charge >= 0.3 is 12.1 Å². The molecule has 218 valence electrons. The van der Waals surface area contributed by atoms with Crippen molar-refractivity contribution in [3.63, 3.8) is 0 Å². The SMILES string of the molecule is CC(C)(C)OC(=O)[C@@H](COCc1ccccc1)N1C(=O)[C@@H](N2C(=O)OC[C@@H]2c2ccccc2)[C@H]1C=Cc1ccccc1. The topological polar surface area (TPSA) is 85.4 Å². The summed E-state index contributed by atoms with van der Waals surface area (Å²) in [6, 6.07) is 25.8. The first-order valence-electron chi connectivity index (χ1n) is 14.1. The number of carbonyl (C=O) groups excluding carboxylic acids is 3. The fourth-order valence-electron chi connectivity index (χ4n) is 5.30. The normalized spacial score (nSPS) is 21.3. The molecule has 0 spiro atoms. The number of nitrogens with zero attached hydrogens (tertiary/aromatic N) is 2. The third kappa shape index (κ3) is 6.55. The van der Waals surface area contributed by atoms with Crippen LogP contribution in [0.2, 0.25) is 0 Å². The molecule has 42 heavy (non-hydrogen) atoms. The molecule has 0 radical (unpaired) electrons. The summed E-state index contributed by atoms with van der Waals surface area (Å²) in [6.45, 7) is 5.69. The van der Waals surface area contributed by atoms with Gasteiger partial charge in [0.25, 0.3) is 0 Å². The molecule has 2 fully saturated rings. The summed E-state index contributed by atoms with van der Waals surface area (Å²) in [6.07, 6.45) is 3.20. The Morgan fingerprint density at radius 3 is 2.21 bits per heavy atom. The molecule has 8 heteroatoms. The fourth-order valence-corrected chi connectivity index (χ4v) is 5.30. The molecule has 4 atom stereocenters. The number of rotatable bonds is 10. The van der Waals surface area contributed by atoms with Crippen molar-refractivity contribution < 1.29 is 28.6 Å². The van der Waals surface area contributed by atoms with Crippen LogP contribution >= 0.6 is 0 Å². The molecule has 2 amide bonds. The Kier molecular flexibility index (Phi) is 8.73. The summed E-state index contributed by atoms with van der Waals surface area (Å²) in [7, 11) is 0. The molecule has 3 aromatic carbocycles. The Balaban J connectivity index is 1.46. The second kappa shape index (κ2) is 12.6. The number of cyclic esters (lactones) is 1. The van der Waals surface area contributed by atoms with Gasteiger partial charge in [-0.15, -0.1) is 0 Å².